The van der Waals surface area contributed by atoms with Gasteiger partial charge in [-0.1, -0.05) is 56.4 Å². The average Bonchev–Trinajstić information content (AvgIpc) is 2.68. The van der Waals surface area contributed by atoms with Crippen molar-refractivity contribution in [1.29, 1.82) is 0 Å². The first kappa shape index (κ1) is 15.9. The highest BCUT2D eigenvalue weighted by Crippen LogP contribution is 2.57. The summed E-state index contributed by atoms with van der Waals surface area (Å²) in [6.07, 6.45) is 9.25. The molecule has 6 rings (SSSR count). The Hall–Kier alpha value is -1.35. The zero-order chi connectivity index (χ0) is 17.0. The van der Waals surface area contributed by atoms with E-state index in [1.807, 2.05) is 0 Å². The maximum absolute atomic E-state index is 12.7. The maximum Gasteiger partial charge on any atom is 0.225 e. The second-order valence-electron chi connectivity index (χ2n) is 8.87. The van der Waals surface area contributed by atoms with Crippen LogP contribution in [0, 0.1) is 17.8 Å². The van der Waals surface area contributed by atoms with E-state index in [1.165, 1.54) is 69.2 Å². The third kappa shape index (κ3) is 2.38. The van der Waals surface area contributed by atoms with Crippen molar-refractivity contribution >= 4 is 5.91 Å². The number of hydrogen-bond donors (Lipinski definition) is 1. The van der Waals surface area contributed by atoms with E-state index in [1.54, 1.807) is 0 Å². The van der Waals surface area contributed by atoms with Gasteiger partial charge in [-0.3, -0.25) is 9.69 Å². The Morgan fingerprint density at radius 2 is 1.60 bits per heavy atom. The van der Waals surface area contributed by atoms with E-state index in [2.05, 4.69) is 29.2 Å². The lowest BCUT2D eigenvalue weighted by molar-refractivity contribution is -0.125. The Kier molecular flexibility index (Phi) is 3.89. The number of nitrogens with two attached hydrogens (primary N) is 1. The molecule has 0 radical (unpaired) electrons. The molecule has 4 atom stereocenters. The number of rotatable bonds is 2. The molecular formula is C22H30N2O. The van der Waals surface area contributed by atoms with Crippen LogP contribution in [0.4, 0.5) is 0 Å². The Morgan fingerprint density at radius 1 is 0.920 bits per heavy atom. The van der Waals surface area contributed by atoms with Crippen LogP contribution in [0.25, 0.3) is 0 Å². The first-order valence-corrected chi connectivity index (χ1v) is 10.4. The van der Waals surface area contributed by atoms with E-state index < -0.39 is 0 Å². The van der Waals surface area contributed by atoms with Gasteiger partial charge in [0.1, 0.15) is 0 Å². The van der Waals surface area contributed by atoms with Gasteiger partial charge < -0.3 is 5.73 Å². The molecule has 3 heterocycles. The van der Waals surface area contributed by atoms with Gasteiger partial charge >= 0.3 is 0 Å². The van der Waals surface area contributed by atoms with Crippen LogP contribution in [0.2, 0.25) is 0 Å². The van der Waals surface area contributed by atoms with Crippen LogP contribution in [-0.4, -0.2) is 29.9 Å². The lowest BCUT2D eigenvalue weighted by Crippen LogP contribution is -2.61. The molecule has 4 fully saturated rings. The molecule has 1 aromatic rings. The molecule has 0 aromatic heterocycles. The zero-order valence-electron chi connectivity index (χ0n) is 15.1. The predicted molar refractivity (Wildman–Crippen MR) is 99.3 cm³/mol. The topological polar surface area (TPSA) is 46.3 Å². The molecule has 2 bridgehead atoms. The van der Waals surface area contributed by atoms with Crippen molar-refractivity contribution in [1.82, 2.24) is 4.90 Å². The van der Waals surface area contributed by atoms with Crippen molar-refractivity contribution in [3.63, 3.8) is 0 Å². The highest BCUT2D eigenvalue weighted by Gasteiger charge is 2.55. The summed E-state index contributed by atoms with van der Waals surface area (Å²) < 4.78 is 0. The number of hydrogen-bond acceptors (Lipinski definition) is 2. The molecule has 3 heteroatoms. The van der Waals surface area contributed by atoms with Crippen LogP contribution in [0.3, 0.4) is 0 Å². The molecule has 1 aromatic carbocycles. The van der Waals surface area contributed by atoms with Crippen LogP contribution >= 0.6 is 0 Å². The minimum absolute atomic E-state index is 0.0834. The van der Waals surface area contributed by atoms with Crippen molar-refractivity contribution < 1.29 is 4.79 Å². The van der Waals surface area contributed by atoms with Gasteiger partial charge in [0, 0.05) is 12.0 Å². The molecule has 0 unspecified atom stereocenters. The number of nitrogens with zero attached hydrogens (tertiary/aromatic N) is 1. The molecule has 3 saturated heterocycles. The summed E-state index contributed by atoms with van der Waals surface area (Å²) in [4.78, 5) is 15.4. The molecule has 2 N–H and O–H groups in total. The second-order valence-corrected chi connectivity index (χ2v) is 8.87. The van der Waals surface area contributed by atoms with Crippen molar-refractivity contribution in [2.75, 3.05) is 13.1 Å². The number of piperidine rings is 3. The quantitative estimate of drug-likeness (QED) is 0.895. The Balaban J connectivity index is 1.66. The Labute approximate surface area is 151 Å². The zero-order valence-corrected chi connectivity index (χ0v) is 15.1. The third-order valence-electron chi connectivity index (χ3n) is 7.84. The average molecular weight is 338 g/mol. The second kappa shape index (κ2) is 6.12. The normalized spacial score (nSPS) is 40.3. The first-order chi connectivity index (χ1) is 12.3. The summed E-state index contributed by atoms with van der Waals surface area (Å²) in [5.41, 5.74) is 8.75. The van der Waals surface area contributed by atoms with Crippen molar-refractivity contribution in [2.45, 2.75) is 62.8 Å². The van der Waals surface area contributed by atoms with Gasteiger partial charge in [0.25, 0.3) is 0 Å². The van der Waals surface area contributed by atoms with Crippen LogP contribution in [0.15, 0.2) is 24.3 Å². The van der Waals surface area contributed by atoms with Gasteiger partial charge in [-0.2, -0.15) is 0 Å². The number of benzene rings is 1. The number of fused-ring (bicyclic) bond motifs is 3. The number of primary amides is 1. The van der Waals surface area contributed by atoms with Crippen LogP contribution in [-0.2, 0) is 4.79 Å². The van der Waals surface area contributed by atoms with Gasteiger partial charge in [-0.25, -0.2) is 0 Å². The fraction of sp³-hybridized carbons (Fsp3) is 0.682. The Bertz CT molecular complexity index is 658. The molecule has 2 aliphatic carbocycles. The lowest BCUT2D eigenvalue weighted by Gasteiger charge is -2.59. The molecule has 3 aliphatic heterocycles. The van der Waals surface area contributed by atoms with Gasteiger partial charge in [0.2, 0.25) is 5.91 Å². The number of carbonyl (C=O) groups excluding carboxylic acids is 1. The summed E-state index contributed by atoms with van der Waals surface area (Å²) in [6, 6.07) is 9.31. The molecule has 5 aliphatic rings. The molecular weight excluding hydrogens is 308 g/mol. The number of amides is 1. The van der Waals surface area contributed by atoms with E-state index in [0.29, 0.717) is 23.8 Å². The molecule has 134 valence electrons. The van der Waals surface area contributed by atoms with Gasteiger partial charge in [-0.15, -0.1) is 0 Å². The summed E-state index contributed by atoms with van der Waals surface area (Å²) >= 11 is 0. The van der Waals surface area contributed by atoms with Gasteiger partial charge in [-0.05, 0) is 54.8 Å². The largest absolute Gasteiger partial charge is 0.369 e. The van der Waals surface area contributed by atoms with Gasteiger partial charge in [0.05, 0.1) is 5.92 Å². The Morgan fingerprint density at radius 3 is 2.28 bits per heavy atom. The van der Waals surface area contributed by atoms with Crippen LogP contribution in [0.5, 0.6) is 0 Å². The van der Waals surface area contributed by atoms with E-state index in [4.69, 9.17) is 5.73 Å². The van der Waals surface area contributed by atoms with E-state index in [-0.39, 0.29) is 11.8 Å². The highest BCUT2D eigenvalue weighted by atomic mass is 16.1. The van der Waals surface area contributed by atoms with Gasteiger partial charge in [0.15, 0.2) is 0 Å². The minimum atomic E-state index is -0.0934. The fourth-order valence-corrected chi connectivity index (χ4v) is 6.92. The highest BCUT2D eigenvalue weighted by molar-refractivity contribution is 5.83. The molecule has 1 saturated carbocycles. The monoisotopic (exact) mass is 338 g/mol. The first-order valence-electron chi connectivity index (χ1n) is 10.4. The minimum Gasteiger partial charge on any atom is -0.369 e. The maximum atomic E-state index is 12.7. The van der Waals surface area contributed by atoms with Crippen molar-refractivity contribution in [3.8, 4) is 0 Å². The van der Waals surface area contributed by atoms with E-state index >= 15 is 0 Å². The summed E-state index contributed by atoms with van der Waals surface area (Å²) in [5.74, 6) is 2.36. The smallest absolute Gasteiger partial charge is 0.225 e. The van der Waals surface area contributed by atoms with E-state index in [0.717, 1.165) is 5.92 Å². The molecule has 25 heavy (non-hydrogen) atoms. The summed E-state index contributed by atoms with van der Waals surface area (Å²) in [7, 11) is 0. The summed E-state index contributed by atoms with van der Waals surface area (Å²) in [6.45, 7) is 2.45. The number of carbonyl (C=O) groups is 1. The molecule has 0 spiro atoms. The predicted octanol–water partition coefficient (Wildman–Crippen LogP) is 3.64. The standard InChI is InChI=1S/C22H30N2O/c23-22(25)20-17-9-5-4-8-16(17)18-15-10-12-24(13-11-15)21(18)19(20)14-6-2-1-3-7-14/h4-5,8-9,14-15,18-21H,1-3,6-7,10-13H2,(H2,23,25)/t18-,19-,20+,21-/m1/s1. The van der Waals surface area contributed by atoms with Crippen molar-refractivity contribution in [3.05, 3.63) is 35.4 Å². The van der Waals surface area contributed by atoms with Crippen LogP contribution in [0.1, 0.15) is 67.9 Å². The fourth-order valence-electron chi connectivity index (χ4n) is 6.92. The summed E-state index contributed by atoms with van der Waals surface area (Å²) in [5, 5.41) is 0. The van der Waals surface area contributed by atoms with Crippen LogP contribution < -0.4 is 5.73 Å². The molecule has 3 nitrogen and oxygen atoms in total. The molecule has 1 amide bonds. The van der Waals surface area contributed by atoms with Crippen molar-refractivity contribution in [2.24, 2.45) is 23.5 Å². The SMILES string of the molecule is NC(=O)[C@H]1c2ccccc2[C@H]2C3CCN(CC3)[C@H]2[C@@H]1C1CCCCC1. The third-order valence-corrected chi connectivity index (χ3v) is 7.84. The lowest BCUT2D eigenvalue weighted by atomic mass is 9.54. The van der Waals surface area contributed by atoms with E-state index in [9.17, 15) is 4.79 Å².